The first-order valence-corrected chi connectivity index (χ1v) is 7.05. The van der Waals surface area contributed by atoms with Crippen LogP contribution in [0.4, 0.5) is 0 Å². The van der Waals surface area contributed by atoms with Crippen molar-refractivity contribution in [2.75, 3.05) is 0 Å². The van der Waals surface area contributed by atoms with Gasteiger partial charge in [0.1, 0.15) is 5.01 Å². The van der Waals surface area contributed by atoms with Gasteiger partial charge in [-0.05, 0) is 6.92 Å². The zero-order valence-electron chi connectivity index (χ0n) is 10.9. The normalized spacial score (nSPS) is 12.7. The molecule has 3 aromatic heterocycles. The summed E-state index contributed by atoms with van der Waals surface area (Å²) in [5, 5.41) is 6.92. The fourth-order valence-electron chi connectivity index (χ4n) is 1.83. The molecule has 0 saturated carbocycles. The van der Waals surface area contributed by atoms with E-state index in [9.17, 15) is 0 Å². The Hall–Kier alpha value is -2.06. The summed E-state index contributed by atoms with van der Waals surface area (Å²) < 4.78 is 5.21. The van der Waals surface area contributed by atoms with Crippen molar-refractivity contribution in [2.45, 2.75) is 25.8 Å². The molecule has 0 spiro atoms. The van der Waals surface area contributed by atoms with Gasteiger partial charge in [-0.25, -0.2) is 9.97 Å². The average Bonchev–Trinajstić information content (AvgIpc) is 3.12. The second kappa shape index (κ2) is 5.51. The summed E-state index contributed by atoms with van der Waals surface area (Å²) in [6, 6.07) is -0.338. The standard InChI is InChI=1S/C12H14N6OS/c1-7-5-20-11(16-7)3-10-17-12(19-18-10)9(13)2-8-4-14-6-15-8/h4-6,9H,2-3,13H2,1H3,(H,14,15)/t9-/m0/s1. The van der Waals surface area contributed by atoms with Gasteiger partial charge in [0.05, 0.1) is 18.8 Å². The van der Waals surface area contributed by atoms with Crippen molar-refractivity contribution >= 4 is 11.3 Å². The lowest BCUT2D eigenvalue weighted by atomic mass is 10.2. The van der Waals surface area contributed by atoms with Crippen molar-refractivity contribution in [3.05, 3.63) is 46.0 Å². The number of H-pyrrole nitrogens is 1. The van der Waals surface area contributed by atoms with Crippen LogP contribution in [0, 0.1) is 6.92 Å². The van der Waals surface area contributed by atoms with E-state index in [2.05, 4.69) is 25.1 Å². The minimum atomic E-state index is -0.338. The smallest absolute Gasteiger partial charge is 0.243 e. The highest BCUT2D eigenvalue weighted by Gasteiger charge is 2.16. The highest BCUT2D eigenvalue weighted by atomic mass is 32.1. The van der Waals surface area contributed by atoms with Crippen LogP contribution in [0.1, 0.15) is 34.2 Å². The molecule has 0 bridgehead atoms. The van der Waals surface area contributed by atoms with Gasteiger partial charge in [0.2, 0.25) is 5.89 Å². The first-order chi connectivity index (χ1) is 9.70. The Kier molecular flexibility index (Phi) is 3.57. The number of aromatic nitrogens is 5. The van der Waals surface area contributed by atoms with Gasteiger partial charge < -0.3 is 15.2 Å². The summed E-state index contributed by atoms with van der Waals surface area (Å²) in [5.74, 6) is 1.04. The lowest BCUT2D eigenvalue weighted by Crippen LogP contribution is -2.14. The Morgan fingerprint density at radius 3 is 3.05 bits per heavy atom. The predicted octanol–water partition coefficient (Wildman–Crippen LogP) is 1.39. The number of thiazole rings is 1. The number of aryl methyl sites for hydroxylation is 1. The van der Waals surface area contributed by atoms with Gasteiger partial charge in [-0.2, -0.15) is 4.98 Å². The Labute approximate surface area is 119 Å². The van der Waals surface area contributed by atoms with E-state index in [1.54, 1.807) is 23.9 Å². The molecule has 0 saturated heterocycles. The van der Waals surface area contributed by atoms with Gasteiger partial charge in [0.15, 0.2) is 5.82 Å². The molecule has 0 fully saturated rings. The van der Waals surface area contributed by atoms with Gasteiger partial charge in [0, 0.05) is 29.4 Å². The minimum absolute atomic E-state index is 0.338. The van der Waals surface area contributed by atoms with E-state index in [0.29, 0.717) is 24.6 Å². The predicted molar refractivity (Wildman–Crippen MR) is 73.2 cm³/mol. The third-order valence-electron chi connectivity index (χ3n) is 2.77. The highest BCUT2D eigenvalue weighted by Crippen LogP contribution is 2.16. The second-order valence-corrected chi connectivity index (χ2v) is 5.44. The zero-order chi connectivity index (χ0) is 13.9. The molecule has 0 radical (unpaired) electrons. The van der Waals surface area contributed by atoms with Crippen LogP contribution in [0.15, 0.2) is 22.4 Å². The van der Waals surface area contributed by atoms with Crippen LogP contribution in [-0.2, 0) is 12.8 Å². The van der Waals surface area contributed by atoms with E-state index in [1.807, 2.05) is 12.3 Å². The summed E-state index contributed by atoms with van der Waals surface area (Å²) >= 11 is 1.59. The van der Waals surface area contributed by atoms with Crippen LogP contribution >= 0.6 is 11.3 Å². The maximum absolute atomic E-state index is 6.04. The number of aromatic amines is 1. The number of hydrogen-bond donors (Lipinski definition) is 2. The summed E-state index contributed by atoms with van der Waals surface area (Å²) in [5.41, 5.74) is 7.98. The van der Waals surface area contributed by atoms with Crippen LogP contribution < -0.4 is 5.73 Å². The van der Waals surface area contributed by atoms with Gasteiger partial charge in [-0.3, -0.25) is 0 Å². The van der Waals surface area contributed by atoms with Gasteiger partial charge in [0.25, 0.3) is 0 Å². The topological polar surface area (TPSA) is 107 Å². The molecule has 7 nitrogen and oxygen atoms in total. The summed E-state index contributed by atoms with van der Waals surface area (Å²) in [7, 11) is 0. The van der Waals surface area contributed by atoms with E-state index >= 15 is 0 Å². The third-order valence-corrected chi connectivity index (χ3v) is 3.74. The average molecular weight is 290 g/mol. The molecule has 8 heteroatoms. The molecular formula is C12H14N6OS. The van der Waals surface area contributed by atoms with E-state index in [4.69, 9.17) is 10.3 Å². The molecule has 0 aliphatic carbocycles. The molecule has 3 N–H and O–H groups in total. The number of nitrogens with zero attached hydrogens (tertiary/aromatic N) is 4. The Balaban J connectivity index is 1.66. The number of rotatable bonds is 5. The molecule has 0 aromatic carbocycles. The summed E-state index contributed by atoms with van der Waals surface area (Å²) in [4.78, 5) is 15.6. The first-order valence-electron chi connectivity index (χ1n) is 6.17. The summed E-state index contributed by atoms with van der Waals surface area (Å²) in [6.07, 6.45) is 4.50. The van der Waals surface area contributed by atoms with E-state index in [-0.39, 0.29) is 6.04 Å². The van der Waals surface area contributed by atoms with Crippen molar-refractivity contribution < 1.29 is 4.52 Å². The van der Waals surface area contributed by atoms with E-state index in [0.717, 1.165) is 16.4 Å². The largest absolute Gasteiger partial charge is 0.348 e. The van der Waals surface area contributed by atoms with Crippen molar-refractivity contribution in [2.24, 2.45) is 5.73 Å². The second-order valence-electron chi connectivity index (χ2n) is 4.50. The molecule has 0 aliphatic heterocycles. The van der Waals surface area contributed by atoms with Gasteiger partial charge in [-0.1, -0.05) is 5.16 Å². The van der Waals surface area contributed by atoms with Crippen LogP contribution in [0.2, 0.25) is 0 Å². The zero-order valence-corrected chi connectivity index (χ0v) is 11.7. The van der Waals surface area contributed by atoms with Crippen molar-refractivity contribution in [1.82, 2.24) is 25.1 Å². The quantitative estimate of drug-likeness (QED) is 0.735. The Morgan fingerprint density at radius 2 is 2.35 bits per heavy atom. The molecule has 1 atom stereocenters. The fourth-order valence-corrected chi connectivity index (χ4v) is 2.60. The Morgan fingerprint density at radius 1 is 1.45 bits per heavy atom. The molecular weight excluding hydrogens is 276 g/mol. The molecule has 3 heterocycles. The molecule has 0 unspecified atom stereocenters. The highest BCUT2D eigenvalue weighted by molar-refractivity contribution is 7.09. The molecule has 0 amide bonds. The number of imidazole rings is 1. The maximum Gasteiger partial charge on any atom is 0.243 e. The lowest BCUT2D eigenvalue weighted by Gasteiger charge is -2.03. The fraction of sp³-hybridized carbons (Fsp3) is 0.333. The minimum Gasteiger partial charge on any atom is -0.348 e. The van der Waals surface area contributed by atoms with Gasteiger partial charge in [-0.15, -0.1) is 11.3 Å². The van der Waals surface area contributed by atoms with Crippen molar-refractivity contribution in [1.29, 1.82) is 0 Å². The SMILES string of the molecule is Cc1csc(Cc2noc([C@@H](N)Cc3cnc[nH]3)n2)n1. The molecule has 3 rings (SSSR count). The van der Waals surface area contributed by atoms with Crippen molar-refractivity contribution in [3.63, 3.8) is 0 Å². The summed E-state index contributed by atoms with van der Waals surface area (Å²) in [6.45, 7) is 1.96. The van der Waals surface area contributed by atoms with Crippen LogP contribution in [0.5, 0.6) is 0 Å². The van der Waals surface area contributed by atoms with Crippen molar-refractivity contribution in [3.8, 4) is 0 Å². The van der Waals surface area contributed by atoms with Gasteiger partial charge >= 0.3 is 0 Å². The monoisotopic (exact) mass is 290 g/mol. The molecule has 3 aromatic rings. The number of nitrogens with two attached hydrogens (primary N) is 1. The molecule has 104 valence electrons. The lowest BCUT2D eigenvalue weighted by molar-refractivity contribution is 0.350. The van der Waals surface area contributed by atoms with Crippen LogP contribution in [0.3, 0.4) is 0 Å². The molecule has 20 heavy (non-hydrogen) atoms. The van der Waals surface area contributed by atoms with Crippen LogP contribution in [0.25, 0.3) is 0 Å². The molecule has 0 aliphatic rings. The van der Waals surface area contributed by atoms with E-state index in [1.165, 1.54) is 0 Å². The maximum atomic E-state index is 6.04. The van der Waals surface area contributed by atoms with Crippen LogP contribution in [-0.4, -0.2) is 25.1 Å². The first kappa shape index (κ1) is 12.9. The van der Waals surface area contributed by atoms with E-state index < -0.39 is 0 Å². The third kappa shape index (κ3) is 2.91. The number of hydrogen-bond acceptors (Lipinski definition) is 7. The number of nitrogens with one attached hydrogen (secondary N) is 1. The Bertz CT molecular complexity index is 674.